The molecule has 0 heterocycles. The molecule has 1 amide bonds. The average Bonchev–Trinajstić information content (AvgIpc) is 2.81. The highest BCUT2D eigenvalue weighted by Gasteiger charge is 2.30. The van der Waals surface area contributed by atoms with Crippen LogP contribution in [-0.4, -0.2) is 13.0 Å². The molecule has 3 aromatic carbocycles. The lowest BCUT2D eigenvalue weighted by molar-refractivity contribution is -0.137. The van der Waals surface area contributed by atoms with Gasteiger partial charge in [0.25, 0.3) is 5.91 Å². The van der Waals surface area contributed by atoms with Gasteiger partial charge in [0.15, 0.2) is 11.5 Å². The number of carbonyl (C=O) groups excluding carboxylic acids is 1. The summed E-state index contributed by atoms with van der Waals surface area (Å²) in [6.45, 7) is 2.28. The van der Waals surface area contributed by atoms with E-state index in [1.807, 2.05) is 31.2 Å². The number of amides is 1. The Morgan fingerprint density at radius 3 is 2.54 bits per heavy atom. The van der Waals surface area contributed by atoms with Gasteiger partial charge in [0.05, 0.1) is 17.1 Å². The number of benzene rings is 3. The van der Waals surface area contributed by atoms with Crippen LogP contribution >= 0.6 is 15.9 Å². The number of hydrogen-bond acceptors (Lipinski definition) is 4. The molecule has 3 aromatic rings. The van der Waals surface area contributed by atoms with Crippen molar-refractivity contribution in [2.75, 3.05) is 12.4 Å². The predicted octanol–water partition coefficient (Wildman–Crippen LogP) is 6.91. The Morgan fingerprint density at radius 1 is 1.14 bits per heavy atom. The van der Waals surface area contributed by atoms with Crippen LogP contribution in [0.1, 0.15) is 22.3 Å². The van der Waals surface area contributed by atoms with Gasteiger partial charge in [0, 0.05) is 5.69 Å². The van der Waals surface area contributed by atoms with Crippen LogP contribution in [0.3, 0.4) is 0 Å². The van der Waals surface area contributed by atoms with Crippen molar-refractivity contribution in [1.82, 2.24) is 0 Å². The minimum Gasteiger partial charge on any atom is -0.493 e. The highest BCUT2D eigenvalue weighted by molar-refractivity contribution is 9.10. The number of rotatable bonds is 7. The Balaban J connectivity index is 1.82. The van der Waals surface area contributed by atoms with E-state index in [1.54, 1.807) is 18.2 Å². The van der Waals surface area contributed by atoms with Crippen molar-refractivity contribution in [3.63, 3.8) is 0 Å². The van der Waals surface area contributed by atoms with Crippen LogP contribution in [0.25, 0.3) is 6.08 Å². The van der Waals surface area contributed by atoms with Gasteiger partial charge in [-0.15, -0.1) is 0 Å². The molecule has 0 bridgehead atoms. The molecule has 0 aliphatic carbocycles. The number of hydrogen-bond donors (Lipinski definition) is 1. The van der Waals surface area contributed by atoms with Crippen LogP contribution in [0.4, 0.5) is 18.9 Å². The molecular formula is C26H20BrF3N2O3. The van der Waals surface area contributed by atoms with Crippen molar-refractivity contribution in [2.24, 2.45) is 0 Å². The monoisotopic (exact) mass is 544 g/mol. The van der Waals surface area contributed by atoms with Crippen molar-refractivity contribution in [3.8, 4) is 17.6 Å². The molecule has 0 fully saturated rings. The topological polar surface area (TPSA) is 71.3 Å². The van der Waals surface area contributed by atoms with Crippen LogP contribution in [0.2, 0.25) is 0 Å². The first-order valence-corrected chi connectivity index (χ1v) is 11.1. The van der Waals surface area contributed by atoms with E-state index in [9.17, 15) is 23.2 Å². The van der Waals surface area contributed by atoms with Crippen molar-refractivity contribution >= 4 is 33.6 Å². The number of methoxy groups -OCH3 is 1. The summed E-state index contributed by atoms with van der Waals surface area (Å²) in [4.78, 5) is 12.6. The molecule has 0 aromatic heterocycles. The lowest BCUT2D eigenvalue weighted by Gasteiger charge is -2.14. The molecule has 1 N–H and O–H groups in total. The summed E-state index contributed by atoms with van der Waals surface area (Å²) >= 11 is 3.43. The zero-order valence-electron chi connectivity index (χ0n) is 18.7. The van der Waals surface area contributed by atoms with E-state index in [-0.39, 0.29) is 11.3 Å². The second-order valence-corrected chi connectivity index (χ2v) is 8.37. The third-order valence-electron chi connectivity index (χ3n) is 4.84. The van der Waals surface area contributed by atoms with E-state index in [0.29, 0.717) is 28.1 Å². The Bertz CT molecular complexity index is 1310. The number of ether oxygens (including phenoxy) is 2. The highest BCUT2D eigenvalue weighted by Crippen LogP contribution is 2.38. The van der Waals surface area contributed by atoms with E-state index in [0.717, 1.165) is 23.3 Å². The van der Waals surface area contributed by atoms with Crippen LogP contribution in [0, 0.1) is 18.3 Å². The van der Waals surface area contributed by atoms with Gasteiger partial charge in [-0.25, -0.2) is 0 Å². The fourth-order valence-corrected chi connectivity index (χ4v) is 3.78. The third kappa shape index (κ3) is 6.87. The molecule has 180 valence electrons. The molecule has 0 unspecified atom stereocenters. The van der Waals surface area contributed by atoms with E-state index in [4.69, 9.17) is 9.47 Å². The van der Waals surface area contributed by atoms with Crippen molar-refractivity contribution in [3.05, 3.63) is 93.0 Å². The quantitative estimate of drug-likeness (QED) is 0.259. The fraction of sp³-hybridized carbons (Fsp3) is 0.154. The maximum atomic E-state index is 12.9. The molecule has 0 atom stereocenters. The van der Waals surface area contributed by atoms with E-state index in [2.05, 4.69) is 21.2 Å². The Hall–Kier alpha value is -3.77. The SMILES string of the molecule is COc1cc(/C=C(\C#N)C(=O)Nc2cccc(C(F)(F)F)c2)cc(Br)c1OCc1cccc(C)c1. The zero-order chi connectivity index (χ0) is 25.6. The van der Waals surface area contributed by atoms with E-state index >= 15 is 0 Å². The number of nitriles is 1. The number of carbonyl (C=O) groups is 1. The molecule has 35 heavy (non-hydrogen) atoms. The summed E-state index contributed by atoms with van der Waals surface area (Å²) in [5.74, 6) is -0.0337. The van der Waals surface area contributed by atoms with Crippen LogP contribution in [-0.2, 0) is 17.6 Å². The Morgan fingerprint density at radius 2 is 1.89 bits per heavy atom. The summed E-state index contributed by atoms with van der Waals surface area (Å²) in [6.07, 6.45) is -3.25. The first-order valence-electron chi connectivity index (χ1n) is 10.3. The minimum atomic E-state index is -4.55. The van der Waals surface area contributed by atoms with Crippen LogP contribution in [0.15, 0.2) is 70.7 Å². The summed E-state index contributed by atoms with van der Waals surface area (Å²) in [5.41, 5.74) is 1.24. The second-order valence-electron chi connectivity index (χ2n) is 7.51. The molecule has 0 saturated carbocycles. The van der Waals surface area contributed by atoms with Gasteiger partial charge in [-0.3, -0.25) is 4.79 Å². The van der Waals surface area contributed by atoms with Gasteiger partial charge in [0.2, 0.25) is 0 Å². The van der Waals surface area contributed by atoms with Gasteiger partial charge in [-0.1, -0.05) is 35.9 Å². The van der Waals surface area contributed by atoms with Crippen molar-refractivity contribution < 1.29 is 27.4 Å². The van der Waals surface area contributed by atoms with Gasteiger partial charge in [-0.05, 0) is 70.4 Å². The number of alkyl halides is 3. The Labute approximate surface area is 208 Å². The molecule has 0 spiro atoms. The lowest BCUT2D eigenvalue weighted by Crippen LogP contribution is -2.14. The molecular weight excluding hydrogens is 525 g/mol. The number of nitrogens with zero attached hydrogens (tertiary/aromatic N) is 1. The highest BCUT2D eigenvalue weighted by atomic mass is 79.9. The van der Waals surface area contributed by atoms with Gasteiger partial charge >= 0.3 is 6.18 Å². The number of nitrogens with one attached hydrogen (secondary N) is 1. The van der Waals surface area contributed by atoms with Gasteiger partial charge in [-0.2, -0.15) is 18.4 Å². The molecule has 9 heteroatoms. The minimum absolute atomic E-state index is 0.0790. The maximum absolute atomic E-state index is 12.9. The maximum Gasteiger partial charge on any atom is 0.416 e. The second kappa shape index (κ2) is 11.1. The van der Waals surface area contributed by atoms with E-state index in [1.165, 1.54) is 25.3 Å². The smallest absolute Gasteiger partial charge is 0.416 e. The number of halogens is 4. The first-order chi connectivity index (χ1) is 16.6. The van der Waals surface area contributed by atoms with Crippen molar-refractivity contribution in [1.29, 1.82) is 5.26 Å². The van der Waals surface area contributed by atoms with Crippen molar-refractivity contribution in [2.45, 2.75) is 19.7 Å². The summed E-state index contributed by atoms with van der Waals surface area (Å²) in [6, 6.07) is 17.0. The summed E-state index contributed by atoms with van der Waals surface area (Å²) in [5, 5.41) is 11.8. The van der Waals surface area contributed by atoms with Crippen LogP contribution < -0.4 is 14.8 Å². The molecule has 3 rings (SSSR count). The number of aryl methyl sites for hydroxylation is 1. The summed E-state index contributed by atoms with van der Waals surface area (Å²) < 4.78 is 50.7. The normalized spacial score (nSPS) is 11.5. The number of anilines is 1. The predicted molar refractivity (Wildman–Crippen MR) is 130 cm³/mol. The molecule has 5 nitrogen and oxygen atoms in total. The van der Waals surface area contributed by atoms with Gasteiger partial charge in [0.1, 0.15) is 18.2 Å². The average molecular weight is 545 g/mol. The first kappa shape index (κ1) is 25.8. The standard InChI is InChI=1S/C26H20BrF3N2O3/c1-16-5-3-6-17(9-16)15-35-24-22(27)11-18(12-23(24)34-2)10-19(14-31)25(33)32-21-8-4-7-20(13-21)26(28,29)30/h3-13H,15H2,1-2H3,(H,32,33)/b19-10+. The van der Waals surface area contributed by atoms with E-state index < -0.39 is 17.6 Å². The third-order valence-corrected chi connectivity index (χ3v) is 5.43. The lowest BCUT2D eigenvalue weighted by atomic mass is 10.1. The Kier molecular flexibility index (Phi) is 8.20. The largest absolute Gasteiger partial charge is 0.493 e. The molecule has 0 aliphatic rings. The summed E-state index contributed by atoms with van der Waals surface area (Å²) in [7, 11) is 1.46. The van der Waals surface area contributed by atoms with Crippen LogP contribution in [0.5, 0.6) is 11.5 Å². The fourth-order valence-electron chi connectivity index (χ4n) is 3.21. The van der Waals surface area contributed by atoms with Gasteiger partial charge < -0.3 is 14.8 Å². The molecule has 0 saturated heterocycles. The molecule has 0 radical (unpaired) electrons. The molecule has 0 aliphatic heterocycles. The zero-order valence-corrected chi connectivity index (χ0v) is 20.3.